The number of benzene rings is 1. The standard InChI is InChI=1S/C14H17BrN2O3/c1-9(10-3-5-11(15)6-4-10)16-13(20)17-14(12(18)19)7-2-8-14/h3-6,9H,2,7-8H2,1H3,(H,18,19)(H2,16,17,20). The van der Waals surface area contributed by atoms with E-state index >= 15 is 0 Å². The van der Waals surface area contributed by atoms with E-state index < -0.39 is 17.5 Å². The van der Waals surface area contributed by atoms with Crippen LogP contribution in [0.1, 0.15) is 37.8 Å². The summed E-state index contributed by atoms with van der Waals surface area (Å²) < 4.78 is 0.970. The number of carboxylic acids is 1. The summed E-state index contributed by atoms with van der Waals surface area (Å²) >= 11 is 3.35. The maximum Gasteiger partial charge on any atom is 0.329 e. The lowest BCUT2D eigenvalue weighted by Gasteiger charge is -2.38. The third kappa shape index (κ3) is 3.12. The van der Waals surface area contributed by atoms with E-state index in [-0.39, 0.29) is 6.04 Å². The molecule has 0 bridgehead atoms. The van der Waals surface area contributed by atoms with Gasteiger partial charge in [0.1, 0.15) is 5.54 Å². The molecule has 1 aromatic rings. The normalized spacial score (nSPS) is 17.7. The zero-order valence-electron chi connectivity index (χ0n) is 11.1. The molecule has 3 N–H and O–H groups in total. The second-order valence-corrected chi connectivity index (χ2v) is 6.03. The Hall–Kier alpha value is -1.56. The number of aliphatic carboxylic acids is 1. The number of halogens is 1. The van der Waals surface area contributed by atoms with Gasteiger partial charge < -0.3 is 15.7 Å². The van der Waals surface area contributed by atoms with Crippen molar-refractivity contribution < 1.29 is 14.7 Å². The van der Waals surface area contributed by atoms with E-state index in [1.54, 1.807) is 0 Å². The van der Waals surface area contributed by atoms with Crippen molar-refractivity contribution in [3.8, 4) is 0 Å². The number of hydrogen-bond donors (Lipinski definition) is 3. The molecular weight excluding hydrogens is 324 g/mol. The monoisotopic (exact) mass is 340 g/mol. The zero-order chi connectivity index (χ0) is 14.8. The van der Waals surface area contributed by atoms with Crippen molar-refractivity contribution in [3.05, 3.63) is 34.3 Å². The number of amides is 2. The van der Waals surface area contributed by atoms with Crippen molar-refractivity contribution in [3.63, 3.8) is 0 Å². The van der Waals surface area contributed by atoms with Gasteiger partial charge >= 0.3 is 12.0 Å². The highest BCUT2D eigenvalue weighted by molar-refractivity contribution is 9.10. The zero-order valence-corrected chi connectivity index (χ0v) is 12.7. The molecule has 0 saturated heterocycles. The third-order valence-corrected chi connectivity index (χ3v) is 4.22. The minimum atomic E-state index is -1.08. The number of carbonyl (C=O) groups is 2. The van der Waals surface area contributed by atoms with Gasteiger partial charge in [0.05, 0.1) is 6.04 Å². The molecule has 0 aliphatic heterocycles. The summed E-state index contributed by atoms with van der Waals surface area (Å²) in [4.78, 5) is 23.1. The fraction of sp³-hybridized carbons (Fsp3) is 0.429. The molecule has 108 valence electrons. The highest BCUT2D eigenvalue weighted by Crippen LogP contribution is 2.32. The van der Waals surface area contributed by atoms with Crippen molar-refractivity contribution in [2.75, 3.05) is 0 Å². The first-order valence-electron chi connectivity index (χ1n) is 6.50. The van der Waals surface area contributed by atoms with E-state index in [4.69, 9.17) is 5.11 Å². The fourth-order valence-electron chi connectivity index (χ4n) is 2.21. The van der Waals surface area contributed by atoms with Crippen molar-refractivity contribution in [1.82, 2.24) is 10.6 Å². The van der Waals surface area contributed by atoms with E-state index in [1.165, 1.54) is 0 Å². The quantitative estimate of drug-likeness (QED) is 0.788. The Labute approximate surface area is 125 Å². The number of hydrogen-bond acceptors (Lipinski definition) is 2. The molecule has 2 amide bonds. The van der Waals surface area contributed by atoms with Crippen LogP contribution in [0.2, 0.25) is 0 Å². The Kier molecular flexibility index (Phi) is 4.32. The van der Waals surface area contributed by atoms with Crippen LogP contribution in [0, 0.1) is 0 Å². The lowest BCUT2D eigenvalue weighted by atomic mass is 9.77. The molecule has 1 saturated carbocycles. The molecule has 2 rings (SSSR count). The molecule has 0 heterocycles. The van der Waals surface area contributed by atoms with E-state index in [0.29, 0.717) is 12.8 Å². The van der Waals surface area contributed by atoms with Gasteiger partial charge in [-0.15, -0.1) is 0 Å². The van der Waals surface area contributed by atoms with Crippen LogP contribution in [0.15, 0.2) is 28.7 Å². The third-order valence-electron chi connectivity index (χ3n) is 3.69. The van der Waals surface area contributed by atoms with E-state index in [2.05, 4.69) is 26.6 Å². The van der Waals surface area contributed by atoms with E-state index in [9.17, 15) is 9.59 Å². The van der Waals surface area contributed by atoms with Crippen molar-refractivity contribution in [2.24, 2.45) is 0 Å². The van der Waals surface area contributed by atoms with Gasteiger partial charge in [0, 0.05) is 4.47 Å². The summed E-state index contributed by atoms with van der Waals surface area (Å²) in [6.45, 7) is 1.86. The van der Waals surface area contributed by atoms with Gasteiger partial charge in [-0.2, -0.15) is 0 Å². The Morgan fingerprint density at radius 3 is 2.35 bits per heavy atom. The lowest BCUT2D eigenvalue weighted by Crippen LogP contribution is -2.61. The number of urea groups is 1. The highest BCUT2D eigenvalue weighted by Gasteiger charge is 2.45. The summed E-state index contributed by atoms with van der Waals surface area (Å²) in [6.07, 6.45) is 1.81. The van der Waals surface area contributed by atoms with Crippen molar-refractivity contribution >= 4 is 27.9 Å². The SMILES string of the molecule is CC(NC(=O)NC1(C(=O)O)CCC1)c1ccc(Br)cc1. The Morgan fingerprint density at radius 1 is 1.30 bits per heavy atom. The van der Waals surface area contributed by atoms with E-state index in [1.807, 2.05) is 31.2 Å². The van der Waals surface area contributed by atoms with Crippen LogP contribution in [0.5, 0.6) is 0 Å². The molecule has 1 aliphatic rings. The number of rotatable bonds is 4. The van der Waals surface area contributed by atoms with Crippen LogP contribution >= 0.6 is 15.9 Å². The van der Waals surface area contributed by atoms with Crippen molar-refractivity contribution in [2.45, 2.75) is 37.8 Å². The minimum Gasteiger partial charge on any atom is -0.480 e. The summed E-state index contributed by atoms with van der Waals surface area (Å²) in [5, 5.41) is 14.5. The van der Waals surface area contributed by atoms with Gasteiger partial charge in [-0.3, -0.25) is 0 Å². The minimum absolute atomic E-state index is 0.186. The number of nitrogens with one attached hydrogen (secondary N) is 2. The molecule has 6 heteroatoms. The molecule has 5 nitrogen and oxygen atoms in total. The molecule has 0 radical (unpaired) electrons. The Bertz CT molecular complexity index is 512. The van der Waals surface area contributed by atoms with Crippen LogP contribution in [0.3, 0.4) is 0 Å². The van der Waals surface area contributed by atoms with Gasteiger partial charge in [-0.05, 0) is 43.9 Å². The number of carboxylic acid groups (broad SMARTS) is 1. The molecule has 1 fully saturated rings. The van der Waals surface area contributed by atoms with Crippen LogP contribution in [0.25, 0.3) is 0 Å². The summed E-state index contributed by atoms with van der Waals surface area (Å²) in [7, 11) is 0. The summed E-state index contributed by atoms with van der Waals surface area (Å²) in [5.41, 5.74) is -0.120. The first-order chi connectivity index (χ1) is 9.43. The van der Waals surface area contributed by atoms with Crippen LogP contribution in [-0.2, 0) is 4.79 Å². The Balaban J connectivity index is 1.94. The summed E-state index contributed by atoms with van der Waals surface area (Å²) in [5.74, 6) is -0.963. The van der Waals surface area contributed by atoms with Gasteiger partial charge in [0.2, 0.25) is 0 Å². The fourth-order valence-corrected chi connectivity index (χ4v) is 2.47. The molecule has 0 aromatic heterocycles. The molecule has 1 atom stereocenters. The van der Waals surface area contributed by atoms with Gasteiger partial charge in [-0.1, -0.05) is 28.1 Å². The van der Waals surface area contributed by atoms with Crippen LogP contribution in [-0.4, -0.2) is 22.6 Å². The molecule has 20 heavy (non-hydrogen) atoms. The van der Waals surface area contributed by atoms with Gasteiger partial charge in [0.15, 0.2) is 0 Å². The lowest BCUT2D eigenvalue weighted by molar-refractivity contribution is -0.148. The average Bonchev–Trinajstić information content (AvgIpc) is 2.34. The van der Waals surface area contributed by atoms with Gasteiger partial charge in [0.25, 0.3) is 0 Å². The predicted molar refractivity (Wildman–Crippen MR) is 78.4 cm³/mol. The molecule has 0 spiro atoms. The van der Waals surface area contributed by atoms with Crippen LogP contribution in [0.4, 0.5) is 4.79 Å². The maximum atomic E-state index is 11.9. The number of carbonyl (C=O) groups excluding carboxylic acids is 1. The maximum absolute atomic E-state index is 11.9. The smallest absolute Gasteiger partial charge is 0.329 e. The molecule has 1 aromatic carbocycles. The molecular formula is C14H17BrN2O3. The molecule has 1 unspecified atom stereocenters. The largest absolute Gasteiger partial charge is 0.480 e. The molecule has 1 aliphatic carbocycles. The first-order valence-corrected chi connectivity index (χ1v) is 7.30. The summed E-state index contributed by atoms with van der Waals surface area (Å²) in [6, 6.07) is 6.99. The van der Waals surface area contributed by atoms with Gasteiger partial charge in [-0.25, -0.2) is 9.59 Å². The van der Waals surface area contributed by atoms with E-state index in [0.717, 1.165) is 16.5 Å². The average molecular weight is 341 g/mol. The Morgan fingerprint density at radius 2 is 1.90 bits per heavy atom. The predicted octanol–water partition coefficient (Wildman–Crippen LogP) is 2.82. The highest BCUT2D eigenvalue weighted by atomic mass is 79.9. The topological polar surface area (TPSA) is 78.4 Å². The van der Waals surface area contributed by atoms with Crippen molar-refractivity contribution in [1.29, 1.82) is 0 Å². The second-order valence-electron chi connectivity index (χ2n) is 5.11. The first kappa shape index (κ1) is 14.8. The second kappa shape index (κ2) is 5.83. The van der Waals surface area contributed by atoms with Crippen LogP contribution < -0.4 is 10.6 Å².